The summed E-state index contributed by atoms with van der Waals surface area (Å²) in [5.41, 5.74) is 0.961. The summed E-state index contributed by atoms with van der Waals surface area (Å²) >= 11 is 7.08. The van der Waals surface area contributed by atoms with Crippen LogP contribution in [0.2, 0.25) is 5.02 Å². The largest absolute Gasteiger partial charge is 0.508 e. The van der Waals surface area contributed by atoms with Crippen LogP contribution in [0.25, 0.3) is 0 Å². The summed E-state index contributed by atoms with van der Waals surface area (Å²) in [7, 11) is 0. The van der Waals surface area contributed by atoms with Gasteiger partial charge in [-0.15, -0.1) is 11.3 Å². The van der Waals surface area contributed by atoms with E-state index in [9.17, 15) is 9.90 Å². The number of carbonyl (C=O) groups is 1. The summed E-state index contributed by atoms with van der Waals surface area (Å²) in [5.74, 6) is -0.534. The van der Waals surface area contributed by atoms with Crippen molar-refractivity contribution >= 4 is 39.7 Å². The van der Waals surface area contributed by atoms with Gasteiger partial charge in [0.05, 0.1) is 10.6 Å². The minimum absolute atomic E-state index is 0.0531. The van der Waals surface area contributed by atoms with E-state index in [1.54, 1.807) is 12.3 Å². The zero-order valence-corrected chi connectivity index (χ0v) is 11.9. The van der Waals surface area contributed by atoms with E-state index < -0.39 is 5.91 Å². The average molecular weight is 312 g/mol. The number of nitrogens with one attached hydrogen (secondary N) is 1. The molecule has 0 atom stereocenters. The van der Waals surface area contributed by atoms with Gasteiger partial charge in [-0.2, -0.15) is 0 Å². The third-order valence-electron chi connectivity index (χ3n) is 2.44. The van der Waals surface area contributed by atoms with Crippen molar-refractivity contribution in [3.8, 4) is 5.75 Å². The van der Waals surface area contributed by atoms with Crippen molar-refractivity contribution in [1.82, 2.24) is 4.98 Å². The molecule has 2 aromatic rings. The molecule has 0 aliphatic rings. The van der Waals surface area contributed by atoms with Crippen LogP contribution in [0.3, 0.4) is 0 Å². The molecule has 0 unspecified atom stereocenters. The number of aromatic nitrogens is 1. The molecule has 2 rings (SSSR count). The summed E-state index contributed by atoms with van der Waals surface area (Å²) < 4.78 is 0. The van der Waals surface area contributed by atoms with Crippen molar-refractivity contribution in [3.05, 3.63) is 39.9 Å². The number of oxime groups is 1. The number of halogens is 1. The van der Waals surface area contributed by atoms with E-state index in [2.05, 4.69) is 15.5 Å². The maximum absolute atomic E-state index is 12.0. The molecule has 0 spiro atoms. The number of nitrogens with zero attached hydrogens (tertiary/aromatic N) is 2. The van der Waals surface area contributed by atoms with Crippen molar-refractivity contribution in [3.63, 3.8) is 0 Å². The summed E-state index contributed by atoms with van der Waals surface area (Å²) in [4.78, 5) is 16.1. The molecule has 0 saturated heterocycles. The number of benzene rings is 1. The van der Waals surface area contributed by atoms with E-state index >= 15 is 0 Å². The molecular weight excluding hydrogens is 302 g/mol. The van der Waals surface area contributed by atoms with Gasteiger partial charge in [-0.3, -0.25) is 10.1 Å². The van der Waals surface area contributed by atoms with Crippen molar-refractivity contribution in [2.75, 3.05) is 5.32 Å². The number of hydrogen-bond acceptors (Lipinski definition) is 6. The standard InChI is InChI=1S/C12H10ClN3O3S/c1-6(16-19)10-5-20-12(14-10)15-11(18)8-4-7(17)2-3-9(8)13/h2-5,17,19H,1H3,(H,14,15,18)/b16-6-. The number of phenolic OH excluding ortho intramolecular Hbond substituents is 1. The molecule has 6 nitrogen and oxygen atoms in total. The van der Waals surface area contributed by atoms with E-state index in [1.807, 2.05) is 0 Å². The second-order valence-corrected chi connectivity index (χ2v) is 5.11. The highest BCUT2D eigenvalue weighted by Gasteiger charge is 2.14. The highest BCUT2D eigenvalue weighted by Crippen LogP contribution is 2.23. The lowest BCUT2D eigenvalue weighted by molar-refractivity contribution is 0.102. The lowest BCUT2D eigenvalue weighted by Crippen LogP contribution is -2.12. The maximum Gasteiger partial charge on any atom is 0.259 e. The van der Waals surface area contributed by atoms with Crippen LogP contribution in [0, 0.1) is 0 Å². The molecule has 1 aromatic heterocycles. The van der Waals surface area contributed by atoms with Crippen molar-refractivity contribution in [2.45, 2.75) is 6.92 Å². The SMILES string of the molecule is C/C(=N/O)c1csc(NC(=O)c2cc(O)ccc2Cl)n1. The van der Waals surface area contributed by atoms with Crippen LogP contribution in [0.15, 0.2) is 28.7 Å². The molecule has 0 aliphatic carbocycles. The van der Waals surface area contributed by atoms with Crippen LogP contribution in [-0.2, 0) is 0 Å². The second kappa shape index (κ2) is 5.89. The Bertz CT molecular complexity index is 684. The Morgan fingerprint density at radius 2 is 2.25 bits per heavy atom. The van der Waals surface area contributed by atoms with E-state index in [1.165, 1.54) is 29.5 Å². The quantitative estimate of drug-likeness (QED) is 0.461. The molecule has 104 valence electrons. The molecule has 0 fully saturated rings. The van der Waals surface area contributed by atoms with Crippen LogP contribution >= 0.6 is 22.9 Å². The lowest BCUT2D eigenvalue weighted by atomic mass is 10.2. The molecule has 20 heavy (non-hydrogen) atoms. The average Bonchev–Trinajstić information content (AvgIpc) is 2.89. The van der Waals surface area contributed by atoms with Crippen LogP contribution in [-0.4, -0.2) is 26.9 Å². The van der Waals surface area contributed by atoms with Gasteiger partial charge in [0, 0.05) is 5.38 Å². The molecule has 1 heterocycles. The monoisotopic (exact) mass is 311 g/mol. The first-order valence-corrected chi connectivity index (χ1v) is 6.71. The number of rotatable bonds is 3. The summed E-state index contributed by atoms with van der Waals surface area (Å²) in [6.45, 7) is 1.59. The number of thiazole rings is 1. The second-order valence-electron chi connectivity index (χ2n) is 3.84. The number of aromatic hydroxyl groups is 1. The van der Waals surface area contributed by atoms with Gasteiger partial charge in [-0.05, 0) is 25.1 Å². The zero-order valence-electron chi connectivity index (χ0n) is 10.3. The lowest BCUT2D eigenvalue weighted by Gasteiger charge is -2.04. The molecule has 3 N–H and O–H groups in total. The summed E-state index contributed by atoms with van der Waals surface area (Å²) in [6, 6.07) is 4.09. The number of anilines is 1. The van der Waals surface area contributed by atoms with Crippen molar-refractivity contribution in [1.29, 1.82) is 0 Å². The third kappa shape index (κ3) is 3.06. The van der Waals surface area contributed by atoms with E-state index in [0.29, 0.717) is 16.5 Å². The molecule has 1 amide bonds. The number of hydrogen-bond donors (Lipinski definition) is 3. The molecule has 0 saturated carbocycles. The van der Waals surface area contributed by atoms with Crippen molar-refractivity contribution < 1.29 is 15.1 Å². The fraction of sp³-hybridized carbons (Fsp3) is 0.0833. The third-order valence-corrected chi connectivity index (χ3v) is 3.53. The van der Waals surface area contributed by atoms with E-state index in [4.69, 9.17) is 16.8 Å². The fourth-order valence-electron chi connectivity index (χ4n) is 1.40. The topological polar surface area (TPSA) is 94.8 Å². The molecular formula is C12H10ClN3O3S. The Morgan fingerprint density at radius 1 is 1.50 bits per heavy atom. The fourth-order valence-corrected chi connectivity index (χ4v) is 2.35. The summed E-state index contributed by atoms with van der Waals surface area (Å²) in [6.07, 6.45) is 0. The number of amides is 1. The van der Waals surface area contributed by atoms with E-state index in [0.717, 1.165) is 0 Å². The van der Waals surface area contributed by atoms with Gasteiger partial charge in [-0.1, -0.05) is 16.8 Å². The van der Waals surface area contributed by atoms with Gasteiger partial charge in [0.1, 0.15) is 17.2 Å². The Labute approximate surface area is 123 Å². The minimum atomic E-state index is -0.481. The van der Waals surface area contributed by atoms with Crippen LogP contribution in [0.4, 0.5) is 5.13 Å². The van der Waals surface area contributed by atoms with E-state index in [-0.39, 0.29) is 16.3 Å². The summed E-state index contributed by atoms with van der Waals surface area (Å²) in [5, 5.41) is 25.8. The zero-order chi connectivity index (χ0) is 14.7. The van der Waals surface area contributed by atoms with Crippen molar-refractivity contribution in [2.24, 2.45) is 5.16 Å². The van der Waals surface area contributed by atoms with Gasteiger partial charge in [0.25, 0.3) is 5.91 Å². The molecule has 0 aliphatic heterocycles. The van der Waals surface area contributed by atoms with Crippen LogP contribution in [0.1, 0.15) is 23.0 Å². The number of phenols is 1. The molecule has 0 bridgehead atoms. The van der Waals surface area contributed by atoms with Gasteiger partial charge in [0.2, 0.25) is 0 Å². The molecule has 0 radical (unpaired) electrons. The Kier molecular flexibility index (Phi) is 4.21. The van der Waals surface area contributed by atoms with Gasteiger partial charge in [0.15, 0.2) is 5.13 Å². The highest BCUT2D eigenvalue weighted by molar-refractivity contribution is 7.14. The van der Waals surface area contributed by atoms with Crippen LogP contribution < -0.4 is 5.32 Å². The Hall–Kier alpha value is -2.12. The predicted molar refractivity (Wildman–Crippen MR) is 77.2 cm³/mol. The first kappa shape index (κ1) is 14.3. The predicted octanol–water partition coefficient (Wildman–Crippen LogP) is 2.95. The Morgan fingerprint density at radius 3 is 2.95 bits per heavy atom. The van der Waals surface area contributed by atoms with Gasteiger partial charge >= 0.3 is 0 Å². The number of carbonyl (C=O) groups excluding carboxylic acids is 1. The van der Waals surface area contributed by atoms with Crippen LogP contribution in [0.5, 0.6) is 5.75 Å². The Balaban J connectivity index is 2.19. The first-order chi connectivity index (χ1) is 9.51. The normalized spacial score (nSPS) is 11.4. The smallest absolute Gasteiger partial charge is 0.259 e. The maximum atomic E-state index is 12.0. The van der Waals surface area contributed by atoms with Gasteiger partial charge < -0.3 is 10.3 Å². The highest BCUT2D eigenvalue weighted by atomic mass is 35.5. The minimum Gasteiger partial charge on any atom is -0.508 e. The molecule has 1 aromatic carbocycles. The van der Waals surface area contributed by atoms with Gasteiger partial charge in [-0.25, -0.2) is 4.98 Å². The first-order valence-electron chi connectivity index (χ1n) is 5.45. The molecule has 8 heteroatoms.